The molecular formula is C20H22N2O4S. The lowest BCUT2D eigenvalue weighted by molar-refractivity contribution is -0.747. The van der Waals surface area contributed by atoms with Crippen LogP contribution < -0.4 is 14.4 Å². The molecule has 1 aliphatic rings. The molecular weight excluding hydrogens is 364 g/mol. The number of rotatable bonds is 6. The summed E-state index contributed by atoms with van der Waals surface area (Å²) in [7, 11) is 0. The molecule has 142 valence electrons. The fraction of sp³-hybridized carbons (Fsp3) is 0.400. The third kappa shape index (κ3) is 3.93. The topological polar surface area (TPSA) is 87.2 Å². The highest BCUT2D eigenvalue weighted by molar-refractivity contribution is 7.08. The van der Waals surface area contributed by atoms with Gasteiger partial charge in [0.15, 0.2) is 5.88 Å². The van der Waals surface area contributed by atoms with E-state index < -0.39 is 0 Å². The van der Waals surface area contributed by atoms with Gasteiger partial charge in [0.05, 0.1) is 22.0 Å². The average Bonchev–Trinajstić information content (AvgIpc) is 2.65. The number of fused-ring (bicyclic) bond motifs is 1. The van der Waals surface area contributed by atoms with Crippen molar-refractivity contribution in [3.8, 4) is 5.88 Å². The van der Waals surface area contributed by atoms with Crippen molar-refractivity contribution < 1.29 is 14.6 Å². The van der Waals surface area contributed by atoms with Gasteiger partial charge in [-0.25, -0.2) is 0 Å². The van der Waals surface area contributed by atoms with Crippen molar-refractivity contribution in [2.24, 2.45) is 0 Å². The van der Waals surface area contributed by atoms with Gasteiger partial charge in [-0.3, -0.25) is 14.9 Å². The lowest BCUT2D eigenvalue weighted by atomic mass is 9.75. The first-order valence-electron chi connectivity index (χ1n) is 9.12. The van der Waals surface area contributed by atoms with Crippen LogP contribution >= 0.6 is 11.3 Å². The van der Waals surface area contributed by atoms with Gasteiger partial charge in [-0.2, -0.15) is 4.57 Å². The number of hydrogen-bond donors (Lipinski definition) is 0. The number of para-hydroxylation sites is 1. The van der Waals surface area contributed by atoms with E-state index in [4.69, 9.17) is 0 Å². The molecule has 0 saturated carbocycles. The number of nitro groups is 1. The zero-order chi connectivity index (χ0) is 19.4. The molecule has 0 N–H and O–H groups in total. The molecule has 0 spiro atoms. The first kappa shape index (κ1) is 19.2. The molecule has 0 bridgehead atoms. The van der Waals surface area contributed by atoms with Crippen molar-refractivity contribution >= 4 is 23.1 Å². The van der Waals surface area contributed by atoms with E-state index in [0.29, 0.717) is 12.1 Å². The Kier molecular flexibility index (Phi) is 5.70. The Morgan fingerprint density at radius 3 is 2.89 bits per heavy atom. The van der Waals surface area contributed by atoms with E-state index in [1.165, 1.54) is 23.5 Å². The number of allylic oxidation sites excluding steroid dienone is 1. The van der Waals surface area contributed by atoms with Gasteiger partial charge in [-0.15, -0.1) is 0 Å². The van der Waals surface area contributed by atoms with Gasteiger partial charge >= 0.3 is 0 Å². The summed E-state index contributed by atoms with van der Waals surface area (Å²) >= 11 is 1.18. The van der Waals surface area contributed by atoms with E-state index in [0.717, 1.165) is 37.1 Å². The van der Waals surface area contributed by atoms with Gasteiger partial charge in [-0.05, 0) is 43.1 Å². The van der Waals surface area contributed by atoms with Crippen LogP contribution in [-0.2, 0) is 12.0 Å². The quantitative estimate of drug-likeness (QED) is 0.433. The minimum absolute atomic E-state index is 0.0896. The number of benzene rings is 1. The minimum atomic E-state index is -0.380. The van der Waals surface area contributed by atoms with Crippen LogP contribution in [0.15, 0.2) is 41.2 Å². The van der Waals surface area contributed by atoms with Crippen molar-refractivity contribution in [1.82, 2.24) is 0 Å². The van der Waals surface area contributed by atoms with Gasteiger partial charge in [0.1, 0.15) is 6.54 Å². The van der Waals surface area contributed by atoms with Crippen molar-refractivity contribution in [2.75, 3.05) is 0 Å². The van der Waals surface area contributed by atoms with Gasteiger partial charge in [0.2, 0.25) is 9.75 Å². The minimum Gasteiger partial charge on any atom is -0.823 e. The molecule has 7 heteroatoms. The predicted molar refractivity (Wildman–Crippen MR) is 103 cm³/mol. The zero-order valence-electron chi connectivity index (χ0n) is 15.2. The number of hydrogen-bond acceptors (Lipinski definition) is 5. The molecule has 1 aromatic heterocycles. The van der Waals surface area contributed by atoms with Crippen LogP contribution in [-0.4, -0.2) is 4.92 Å². The normalized spacial score (nSPS) is 19.1. The molecule has 1 unspecified atom stereocenters. The van der Waals surface area contributed by atoms with E-state index >= 15 is 0 Å². The van der Waals surface area contributed by atoms with Crippen molar-refractivity contribution in [1.29, 1.82) is 0 Å². The SMILES string of the molecule is CCC1(CC/C=C/c2ccccc2[N+](=O)[O-])CCC[n+]2c([O-])cc(=O)sc21. The summed E-state index contributed by atoms with van der Waals surface area (Å²) in [5, 5.41) is 24.2. The molecule has 0 fully saturated rings. The van der Waals surface area contributed by atoms with E-state index in [1.807, 2.05) is 6.08 Å². The van der Waals surface area contributed by atoms with Crippen LogP contribution in [0.3, 0.4) is 0 Å². The summed E-state index contributed by atoms with van der Waals surface area (Å²) in [5.74, 6) is -0.207. The summed E-state index contributed by atoms with van der Waals surface area (Å²) in [6.07, 6.45) is 7.98. The molecule has 1 aliphatic heterocycles. The second-order valence-corrected chi connectivity index (χ2v) is 7.85. The monoisotopic (exact) mass is 386 g/mol. The second kappa shape index (κ2) is 8.00. The summed E-state index contributed by atoms with van der Waals surface area (Å²) in [6, 6.07) is 7.83. The van der Waals surface area contributed by atoms with Crippen LogP contribution in [0.2, 0.25) is 0 Å². The Balaban J connectivity index is 1.82. The molecule has 2 aromatic rings. The van der Waals surface area contributed by atoms with Gasteiger partial charge in [-0.1, -0.05) is 31.2 Å². The van der Waals surface area contributed by atoms with E-state index in [2.05, 4.69) is 6.92 Å². The first-order valence-corrected chi connectivity index (χ1v) is 9.94. The first-order chi connectivity index (χ1) is 13.0. The van der Waals surface area contributed by atoms with Crippen LogP contribution in [0.5, 0.6) is 5.88 Å². The highest BCUT2D eigenvalue weighted by Gasteiger charge is 2.42. The molecule has 27 heavy (non-hydrogen) atoms. The van der Waals surface area contributed by atoms with E-state index in [-0.39, 0.29) is 26.6 Å². The number of nitro benzene ring substituents is 1. The maximum absolute atomic E-state index is 12.2. The Morgan fingerprint density at radius 1 is 1.37 bits per heavy atom. The molecule has 0 amide bonds. The van der Waals surface area contributed by atoms with Crippen LogP contribution in [0.25, 0.3) is 6.08 Å². The number of aromatic nitrogens is 1. The Hall–Kier alpha value is -2.54. The fourth-order valence-corrected chi connectivity index (χ4v) is 5.06. The molecule has 2 heterocycles. The van der Waals surface area contributed by atoms with Crippen molar-refractivity contribution in [2.45, 2.75) is 51.0 Å². The van der Waals surface area contributed by atoms with Crippen molar-refractivity contribution in [3.05, 3.63) is 66.6 Å². The Morgan fingerprint density at radius 2 is 2.15 bits per heavy atom. The summed E-state index contributed by atoms with van der Waals surface area (Å²) in [6.45, 7) is 2.76. The summed E-state index contributed by atoms with van der Waals surface area (Å²) < 4.78 is 1.56. The van der Waals surface area contributed by atoms with Gasteiger partial charge in [0.25, 0.3) is 5.69 Å². The molecule has 0 aliphatic carbocycles. The smallest absolute Gasteiger partial charge is 0.276 e. The maximum atomic E-state index is 12.2. The number of nitrogens with zero attached hydrogens (tertiary/aromatic N) is 2. The molecule has 0 radical (unpaired) electrons. The van der Waals surface area contributed by atoms with Gasteiger partial charge < -0.3 is 5.11 Å². The zero-order valence-corrected chi connectivity index (χ0v) is 16.0. The maximum Gasteiger partial charge on any atom is 0.276 e. The standard InChI is InChI=1S/C20H22N2O4S/c1-2-20(12-7-13-21-17(23)14-18(24)27-19(20)21)11-6-5-9-15-8-3-4-10-16(15)22(25)26/h3-5,8-10,14H,2,6-7,11-13H2,1H3/b9-5+. The molecule has 1 atom stereocenters. The van der Waals surface area contributed by atoms with E-state index in [1.54, 1.807) is 28.8 Å². The largest absolute Gasteiger partial charge is 0.823 e. The highest BCUT2D eigenvalue weighted by Crippen LogP contribution is 2.40. The molecule has 1 aromatic carbocycles. The van der Waals surface area contributed by atoms with Crippen LogP contribution in [0.1, 0.15) is 49.6 Å². The average molecular weight is 386 g/mol. The Bertz CT molecular complexity index is 938. The highest BCUT2D eigenvalue weighted by atomic mass is 32.1. The lowest BCUT2D eigenvalue weighted by Crippen LogP contribution is -2.52. The fourth-order valence-electron chi connectivity index (χ4n) is 3.85. The summed E-state index contributed by atoms with van der Waals surface area (Å²) in [4.78, 5) is 22.6. The Labute approximate surface area is 161 Å². The van der Waals surface area contributed by atoms with Crippen molar-refractivity contribution in [3.63, 3.8) is 0 Å². The van der Waals surface area contributed by atoms with Gasteiger partial charge in [0, 0.05) is 12.5 Å². The molecule has 6 nitrogen and oxygen atoms in total. The third-order valence-corrected chi connectivity index (χ3v) is 6.50. The molecule has 0 saturated heterocycles. The predicted octanol–water partition coefficient (Wildman–Crippen LogP) is 3.31. The van der Waals surface area contributed by atoms with E-state index in [9.17, 15) is 20.0 Å². The molecule has 3 rings (SSSR count). The third-order valence-electron chi connectivity index (χ3n) is 5.34. The second-order valence-electron chi connectivity index (χ2n) is 6.85. The van der Waals surface area contributed by atoms with Crippen LogP contribution in [0, 0.1) is 10.1 Å². The van der Waals surface area contributed by atoms with Crippen LogP contribution in [0.4, 0.5) is 5.69 Å². The lowest BCUT2D eigenvalue weighted by Gasteiger charge is -2.33. The summed E-state index contributed by atoms with van der Waals surface area (Å²) in [5.41, 5.74) is 0.486.